The average Bonchev–Trinajstić information content (AvgIpc) is 3.15. The van der Waals surface area contributed by atoms with Gasteiger partial charge < -0.3 is 4.42 Å². The zero-order valence-electron chi connectivity index (χ0n) is 15.8. The van der Waals surface area contributed by atoms with E-state index in [4.69, 9.17) is 43.6 Å². The van der Waals surface area contributed by atoms with Gasteiger partial charge in [0, 0.05) is 21.9 Å². The predicted molar refractivity (Wildman–Crippen MR) is 125 cm³/mol. The molecule has 0 saturated heterocycles. The molecule has 0 aliphatic carbocycles. The molecule has 30 heavy (non-hydrogen) atoms. The second-order valence-corrected chi connectivity index (χ2v) is 6.85. The molecule has 0 N–H and O–H groups in total. The van der Waals surface area contributed by atoms with Crippen molar-refractivity contribution in [1.29, 1.82) is 0 Å². The summed E-state index contributed by atoms with van der Waals surface area (Å²) in [6.45, 7) is 0. The average molecular weight is 372 g/mol. The van der Waals surface area contributed by atoms with Gasteiger partial charge in [-0.1, -0.05) is 41.3 Å². The van der Waals surface area contributed by atoms with E-state index in [2.05, 4.69) is 15.0 Å². The second-order valence-electron chi connectivity index (χ2n) is 6.85. The Labute approximate surface area is 179 Å². The van der Waals surface area contributed by atoms with Gasteiger partial charge in [-0.05, 0) is 12.1 Å². The smallest absolute Gasteiger partial charge is 0.164 e. The molecule has 5 aromatic rings. The van der Waals surface area contributed by atoms with Gasteiger partial charge in [0.15, 0.2) is 11.6 Å². The van der Waals surface area contributed by atoms with Crippen LogP contribution in [0.25, 0.3) is 44.7 Å². The molecular formula is C21H8B5N3O. The van der Waals surface area contributed by atoms with E-state index in [1.165, 1.54) is 6.33 Å². The molecule has 4 nitrogen and oxygen atoms in total. The van der Waals surface area contributed by atoms with Crippen molar-refractivity contribution < 1.29 is 4.42 Å². The Morgan fingerprint density at radius 3 is 2.03 bits per heavy atom. The van der Waals surface area contributed by atoms with Crippen molar-refractivity contribution in [2.24, 2.45) is 0 Å². The van der Waals surface area contributed by atoms with Crippen molar-refractivity contribution >= 4 is 88.5 Å². The van der Waals surface area contributed by atoms with Crippen molar-refractivity contribution in [3.05, 3.63) is 48.8 Å². The molecule has 9 heteroatoms. The van der Waals surface area contributed by atoms with E-state index in [0.717, 1.165) is 27.5 Å². The van der Waals surface area contributed by atoms with E-state index in [9.17, 15) is 0 Å². The van der Waals surface area contributed by atoms with E-state index in [1.54, 1.807) is 0 Å². The van der Waals surface area contributed by atoms with Crippen molar-refractivity contribution in [3.8, 4) is 22.8 Å². The maximum absolute atomic E-state index is 6.17. The lowest BCUT2D eigenvalue weighted by Crippen LogP contribution is -2.55. The molecule has 128 valence electrons. The second kappa shape index (κ2) is 6.94. The van der Waals surface area contributed by atoms with Crippen LogP contribution in [0.2, 0.25) is 0 Å². The van der Waals surface area contributed by atoms with Crippen LogP contribution < -0.4 is 27.3 Å². The fraction of sp³-hybridized carbons (Fsp3) is 0. The van der Waals surface area contributed by atoms with E-state index >= 15 is 0 Å². The molecule has 0 unspecified atom stereocenters. The van der Waals surface area contributed by atoms with Crippen molar-refractivity contribution in [2.75, 3.05) is 0 Å². The van der Waals surface area contributed by atoms with Gasteiger partial charge in [-0.3, -0.25) is 0 Å². The molecule has 0 amide bonds. The highest BCUT2D eigenvalue weighted by molar-refractivity contribution is 6.68. The van der Waals surface area contributed by atoms with E-state index < -0.39 is 0 Å². The van der Waals surface area contributed by atoms with Crippen LogP contribution >= 0.6 is 0 Å². The first kappa shape index (κ1) is 18.8. The summed E-state index contributed by atoms with van der Waals surface area (Å²) in [4.78, 5) is 13.2. The molecule has 2 aromatic heterocycles. The Balaban J connectivity index is 1.77. The predicted octanol–water partition coefficient (Wildman–Crippen LogP) is -0.926. The zero-order chi connectivity index (χ0) is 21.0. The maximum Gasteiger partial charge on any atom is 0.164 e. The van der Waals surface area contributed by atoms with Crippen molar-refractivity contribution in [1.82, 2.24) is 15.0 Å². The highest BCUT2D eigenvalue weighted by Crippen LogP contribution is 2.35. The van der Waals surface area contributed by atoms with E-state index in [0.29, 0.717) is 11.4 Å². The van der Waals surface area contributed by atoms with E-state index in [1.807, 2.05) is 42.5 Å². The molecular weight excluding hydrogens is 364 g/mol. The molecule has 0 saturated carbocycles. The molecule has 0 aliphatic heterocycles. The minimum absolute atomic E-state index is 0.137. The summed E-state index contributed by atoms with van der Waals surface area (Å²) >= 11 is 0. The first-order valence-electron chi connectivity index (χ1n) is 9.08. The Hall–Kier alpha value is -3.21. The number of fused-ring (bicyclic) bond motifs is 3. The topological polar surface area (TPSA) is 51.8 Å². The lowest BCUT2D eigenvalue weighted by atomic mass is 9.60. The highest BCUT2D eigenvalue weighted by atomic mass is 16.3. The quantitative estimate of drug-likeness (QED) is 0.376. The summed E-state index contributed by atoms with van der Waals surface area (Å²) in [6, 6.07) is 13.5. The minimum atomic E-state index is 0.137. The number of benzene rings is 3. The summed E-state index contributed by atoms with van der Waals surface area (Å²) in [5.41, 5.74) is 3.38. The lowest BCUT2D eigenvalue weighted by Gasteiger charge is -2.20. The lowest BCUT2D eigenvalue weighted by molar-refractivity contribution is 0.669. The fourth-order valence-electron chi connectivity index (χ4n) is 3.60. The van der Waals surface area contributed by atoms with Crippen LogP contribution in [-0.2, 0) is 0 Å². The Bertz CT molecular complexity index is 1440. The SMILES string of the molecule is [B]c1c([B])c([B])c(-c2ncnc(-c3cccc4oc5ccccc5c34)n2)c([B])c1[B]. The van der Waals surface area contributed by atoms with Gasteiger partial charge in [0.25, 0.3) is 0 Å². The molecule has 5 rings (SSSR count). The van der Waals surface area contributed by atoms with Gasteiger partial charge >= 0.3 is 0 Å². The van der Waals surface area contributed by atoms with Gasteiger partial charge in [0.1, 0.15) is 56.7 Å². The number of aromatic nitrogens is 3. The number of hydrogen-bond donors (Lipinski definition) is 0. The third kappa shape index (κ3) is 2.72. The standard InChI is InChI=1S/C21H8B5N3O/c22-15-14(16(23)18(25)19(26)17(15)24)21-28-8-27-20(29-21)10-5-3-7-12-13(10)9-4-1-2-6-11(9)30-12/h1-8H. The number of para-hydroxylation sites is 1. The van der Waals surface area contributed by atoms with Crippen molar-refractivity contribution in [2.45, 2.75) is 0 Å². The Morgan fingerprint density at radius 1 is 0.633 bits per heavy atom. The maximum atomic E-state index is 6.17. The molecule has 0 fully saturated rings. The summed E-state index contributed by atoms with van der Waals surface area (Å²) in [7, 11) is 30.2. The highest BCUT2D eigenvalue weighted by Gasteiger charge is 2.17. The van der Waals surface area contributed by atoms with Crippen LogP contribution in [0.5, 0.6) is 0 Å². The third-order valence-electron chi connectivity index (χ3n) is 5.14. The van der Waals surface area contributed by atoms with Gasteiger partial charge in [-0.2, -0.15) is 0 Å². The third-order valence-corrected chi connectivity index (χ3v) is 5.14. The Kier molecular flexibility index (Phi) is 4.35. The largest absolute Gasteiger partial charge is 0.456 e. The van der Waals surface area contributed by atoms with Gasteiger partial charge in [0.05, 0.1) is 0 Å². The Morgan fingerprint density at radius 2 is 1.27 bits per heavy atom. The monoisotopic (exact) mass is 373 g/mol. The first-order valence-corrected chi connectivity index (χ1v) is 9.08. The normalized spacial score (nSPS) is 11.3. The van der Waals surface area contributed by atoms with Crippen LogP contribution in [0.3, 0.4) is 0 Å². The molecule has 0 spiro atoms. The number of rotatable bonds is 2. The van der Waals surface area contributed by atoms with Crippen molar-refractivity contribution in [3.63, 3.8) is 0 Å². The fourth-order valence-corrected chi connectivity index (χ4v) is 3.60. The number of nitrogens with zero attached hydrogens (tertiary/aromatic N) is 3. The summed E-state index contributed by atoms with van der Waals surface area (Å²) in [5, 5.41) is 1.87. The molecule has 2 heterocycles. The van der Waals surface area contributed by atoms with Gasteiger partial charge in [-0.15, -0.1) is 16.4 Å². The number of hydrogen-bond acceptors (Lipinski definition) is 4. The molecule has 0 bridgehead atoms. The van der Waals surface area contributed by atoms with Crippen LogP contribution in [0.1, 0.15) is 0 Å². The van der Waals surface area contributed by atoms with Gasteiger partial charge in [-0.25, -0.2) is 15.0 Å². The zero-order valence-corrected chi connectivity index (χ0v) is 15.8. The molecule has 0 aliphatic rings. The van der Waals surface area contributed by atoms with Crippen LogP contribution in [0.15, 0.2) is 53.2 Å². The molecule has 10 radical (unpaired) electrons. The van der Waals surface area contributed by atoms with Crippen LogP contribution in [-0.4, -0.2) is 54.2 Å². The van der Waals surface area contributed by atoms with E-state index in [-0.39, 0.29) is 33.1 Å². The van der Waals surface area contributed by atoms with Crippen LogP contribution in [0.4, 0.5) is 0 Å². The van der Waals surface area contributed by atoms with Gasteiger partial charge in [0.2, 0.25) is 0 Å². The minimum Gasteiger partial charge on any atom is -0.456 e. The summed E-state index contributed by atoms with van der Waals surface area (Å²) in [5.74, 6) is 0.683. The number of furan rings is 1. The molecule has 3 aromatic carbocycles. The molecule has 0 atom stereocenters. The van der Waals surface area contributed by atoms with Crippen LogP contribution in [0, 0.1) is 0 Å². The summed E-state index contributed by atoms with van der Waals surface area (Å²) < 4.78 is 5.95. The summed E-state index contributed by atoms with van der Waals surface area (Å²) in [6.07, 6.45) is 1.39. The first-order chi connectivity index (χ1) is 14.5.